The smallest absolute Gasteiger partial charge is 0.312 e. The molecule has 1 atom stereocenters. The lowest BCUT2D eigenvalue weighted by Crippen LogP contribution is -2.61. The molecule has 168 valence electrons. The summed E-state index contributed by atoms with van der Waals surface area (Å²) in [7, 11) is 0. The number of rotatable bonds is 9. The summed E-state index contributed by atoms with van der Waals surface area (Å²) in [5, 5.41) is 22.1. The molecule has 1 fully saturated rings. The van der Waals surface area contributed by atoms with Gasteiger partial charge in [0.2, 0.25) is 0 Å². The number of hydrogen-bond acceptors (Lipinski definition) is 6. The van der Waals surface area contributed by atoms with Crippen molar-refractivity contribution in [2.24, 2.45) is 5.73 Å². The molecule has 0 aliphatic carbocycles. The van der Waals surface area contributed by atoms with Gasteiger partial charge in [0.25, 0.3) is 5.91 Å². The van der Waals surface area contributed by atoms with Crippen LogP contribution in [-0.4, -0.2) is 59.2 Å². The first kappa shape index (κ1) is 22.5. The van der Waals surface area contributed by atoms with Crippen LogP contribution in [-0.2, 0) is 19.9 Å². The fraction of sp³-hybridized carbons (Fsp3) is 0.286. The lowest BCUT2D eigenvalue weighted by Gasteiger charge is -2.43. The molecule has 6 N–H and O–H groups in total. The fourth-order valence-corrected chi connectivity index (χ4v) is 3.73. The summed E-state index contributed by atoms with van der Waals surface area (Å²) in [5.41, 5.74) is 4.75. The predicted octanol–water partition coefficient (Wildman–Crippen LogP) is 0.0122. The topological polar surface area (TPSA) is 179 Å². The molecule has 1 saturated heterocycles. The molecular formula is C21H23N5O6. The third kappa shape index (κ3) is 4.61. The van der Waals surface area contributed by atoms with E-state index in [1.807, 2.05) is 0 Å². The zero-order valence-corrected chi connectivity index (χ0v) is 17.1. The number of amidine groups is 1. The average molecular weight is 441 g/mol. The fourth-order valence-electron chi connectivity index (χ4n) is 3.73. The van der Waals surface area contributed by atoms with Gasteiger partial charge in [-0.1, -0.05) is 12.1 Å². The maximum Gasteiger partial charge on any atom is 0.312 e. The van der Waals surface area contributed by atoms with Crippen molar-refractivity contribution in [1.82, 2.24) is 15.5 Å². The Hall–Kier alpha value is -4.15. The van der Waals surface area contributed by atoms with Gasteiger partial charge >= 0.3 is 17.8 Å². The Morgan fingerprint density at radius 3 is 2.50 bits per heavy atom. The van der Waals surface area contributed by atoms with Crippen LogP contribution in [0.2, 0.25) is 0 Å². The Kier molecular flexibility index (Phi) is 6.57. The van der Waals surface area contributed by atoms with E-state index in [0.717, 1.165) is 0 Å². The van der Waals surface area contributed by atoms with Crippen LogP contribution >= 0.6 is 0 Å². The van der Waals surface area contributed by atoms with Crippen molar-refractivity contribution in [2.45, 2.75) is 18.4 Å². The molecule has 2 heterocycles. The van der Waals surface area contributed by atoms with Crippen LogP contribution in [0.25, 0.3) is 0 Å². The largest absolute Gasteiger partial charge is 0.481 e. The van der Waals surface area contributed by atoms with Gasteiger partial charge in [0, 0.05) is 30.8 Å². The number of carbonyl (C=O) groups is 4. The molecule has 1 aromatic heterocycles. The van der Waals surface area contributed by atoms with E-state index in [1.165, 1.54) is 23.3 Å². The molecule has 32 heavy (non-hydrogen) atoms. The van der Waals surface area contributed by atoms with Crippen molar-refractivity contribution >= 4 is 29.5 Å². The van der Waals surface area contributed by atoms with E-state index in [9.17, 15) is 24.3 Å². The van der Waals surface area contributed by atoms with E-state index in [0.29, 0.717) is 11.1 Å². The summed E-state index contributed by atoms with van der Waals surface area (Å²) in [6.07, 6.45) is 0.849. The Morgan fingerprint density at radius 2 is 1.91 bits per heavy atom. The molecule has 3 rings (SSSR count). The van der Waals surface area contributed by atoms with Gasteiger partial charge in [0.05, 0.1) is 12.7 Å². The molecular weight excluding hydrogens is 418 g/mol. The minimum Gasteiger partial charge on any atom is -0.481 e. The molecule has 0 spiro atoms. The zero-order chi connectivity index (χ0) is 23.3. The van der Waals surface area contributed by atoms with E-state index >= 15 is 0 Å². The molecule has 11 heteroatoms. The number of carboxylic acids is 1. The number of carbonyl (C=O) groups excluding carboxylic acids is 3. The first-order chi connectivity index (χ1) is 15.2. The zero-order valence-electron chi connectivity index (χ0n) is 17.1. The maximum absolute atomic E-state index is 12.6. The Balaban J connectivity index is 1.83. The summed E-state index contributed by atoms with van der Waals surface area (Å²) in [5.74, 6) is -3.21. The number of carboxylic acid groups (broad SMARTS) is 1. The van der Waals surface area contributed by atoms with Gasteiger partial charge in [0.15, 0.2) is 0 Å². The minimum atomic E-state index is -1.46. The van der Waals surface area contributed by atoms with E-state index in [4.69, 9.17) is 15.6 Å². The van der Waals surface area contributed by atoms with Crippen molar-refractivity contribution in [3.8, 4) is 0 Å². The molecule has 2 aromatic rings. The molecule has 0 saturated carbocycles. The molecule has 0 bridgehead atoms. The van der Waals surface area contributed by atoms with Crippen LogP contribution in [0, 0.1) is 5.41 Å². The van der Waals surface area contributed by atoms with Crippen LogP contribution in [0.1, 0.15) is 34.5 Å². The number of benzene rings is 1. The minimum absolute atomic E-state index is 0.00308. The summed E-state index contributed by atoms with van der Waals surface area (Å²) < 4.78 is 5.48. The number of piperazine rings is 1. The second-order valence-corrected chi connectivity index (χ2v) is 7.29. The normalized spacial score (nSPS) is 15.6. The number of nitrogen functional groups attached to an aromatic ring is 1. The number of nitrogens with zero attached hydrogens (tertiary/aromatic N) is 1. The number of nitrogens with one attached hydrogen (secondary N) is 3. The van der Waals surface area contributed by atoms with Gasteiger partial charge in [-0.15, -0.1) is 0 Å². The summed E-state index contributed by atoms with van der Waals surface area (Å²) in [4.78, 5) is 50.1. The van der Waals surface area contributed by atoms with Crippen molar-refractivity contribution in [2.75, 3.05) is 19.6 Å². The first-order valence-corrected chi connectivity index (χ1v) is 9.83. The second-order valence-electron chi connectivity index (χ2n) is 7.29. The van der Waals surface area contributed by atoms with E-state index in [-0.39, 0.29) is 37.7 Å². The molecule has 11 nitrogen and oxygen atoms in total. The van der Waals surface area contributed by atoms with Crippen LogP contribution in [0.4, 0.5) is 0 Å². The first-order valence-electron chi connectivity index (χ1n) is 9.83. The molecule has 3 amide bonds. The average Bonchev–Trinajstić information content (AvgIpc) is 3.30. The standard InChI is InChI=1S/C21H23N5O6/c22-17(23)13-3-5-14(6-4-13)18(29)24-8-7-21(12-16(27)28,15-2-1-11-32-15)26-10-9-25-19(30)20(26)31/h1-6,11H,7-10,12H2,(H3,22,23)(H,24,29)(H,25,30)(H,27,28). The molecule has 1 aliphatic heterocycles. The van der Waals surface area contributed by atoms with Crippen molar-refractivity contribution < 1.29 is 28.7 Å². The number of aliphatic carboxylic acids is 1. The van der Waals surface area contributed by atoms with Crippen LogP contribution in [0.3, 0.4) is 0 Å². The van der Waals surface area contributed by atoms with Gasteiger partial charge < -0.3 is 30.8 Å². The van der Waals surface area contributed by atoms with Crippen molar-refractivity contribution in [3.63, 3.8) is 0 Å². The van der Waals surface area contributed by atoms with Crippen LogP contribution < -0.4 is 16.4 Å². The number of furan rings is 1. The van der Waals surface area contributed by atoms with Gasteiger partial charge in [0.1, 0.15) is 17.1 Å². The Morgan fingerprint density at radius 1 is 1.22 bits per heavy atom. The van der Waals surface area contributed by atoms with Crippen LogP contribution in [0.15, 0.2) is 47.1 Å². The molecule has 1 aliphatic rings. The highest BCUT2D eigenvalue weighted by molar-refractivity contribution is 6.35. The highest BCUT2D eigenvalue weighted by atomic mass is 16.4. The van der Waals surface area contributed by atoms with Gasteiger partial charge in [-0.3, -0.25) is 24.6 Å². The second kappa shape index (κ2) is 9.33. The predicted molar refractivity (Wildman–Crippen MR) is 112 cm³/mol. The highest BCUT2D eigenvalue weighted by Crippen LogP contribution is 2.37. The quantitative estimate of drug-likeness (QED) is 0.207. The van der Waals surface area contributed by atoms with Gasteiger partial charge in [-0.05, 0) is 30.7 Å². The number of nitrogens with two attached hydrogens (primary N) is 1. The highest BCUT2D eigenvalue weighted by Gasteiger charge is 2.48. The van der Waals surface area contributed by atoms with E-state index in [1.54, 1.807) is 24.3 Å². The van der Waals surface area contributed by atoms with E-state index in [2.05, 4.69) is 10.6 Å². The molecule has 1 unspecified atom stereocenters. The van der Waals surface area contributed by atoms with Gasteiger partial charge in [-0.2, -0.15) is 0 Å². The number of amides is 3. The monoisotopic (exact) mass is 441 g/mol. The number of hydrogen-bond donors (Lipinski definition) is 5. The third-order valence-corrected chi connectivity index (χ3v) is 5.28. The Bertz CT molecular complexity index is 1030. The van der Waals surface area contributed by atoms with Crippen molar-refractivity contribution in [3.05, 3.63) is 59.5 Å². The Labute approximate surface area is 183 Å². The van der Waals surface area contributed by atoms with Crippen LogP contribution in [0.5, 0.6) is 0 Å². The molecule has 1 aromatic carbocycles. The lowest BCUT2D eigenvalue weighted by atomic mass is 9.85. The van der Waals surface area contributed by atoms with Crippen molar-refractivity contribution in [1.29, 1.82) is 5.41 Å². The maximum atomic E-state index is 12.6. The lowest BCUT2D eigenvalue weighted by molar-refractivity contribution is -0.157. The molecule has 0 radical (unpaired) electrons. The summed E-state index contributed by atoms with van der Waals surface area (Å²) in [6.45, 7) is 0.271. The summed E-state index contributed by atoms with van der Waals surface area (Å²) >= 11 is 0. The third-order valence-electron chi connectivity index (χ3n) is 5.28. The van der Waals surface area contributed by atoms with Gasteiger partial charge in [-0.25, -0.2) is 0 Å². The summed E-state index contributed by atoms with van der Waals surface area (Å²) in [6, 6.07) is 9.23. The SMILES string of the molecule is N=C(N)c1ccc(C(=O)NCCC(CC(=O)O)(c2ccco2)N2CCNC(=O)C2=O)cc1. The van der Waals surface area contributed by atoms with E-state index < -0.39 is 35.7 Å².